The number of hydrogen-bond acceptors (Lipinski definition) is 5. The Balaban J connectivity index is 0.000000340. The number of anilines is 1. The van der Waals surface area contributed by atoms with Crippen molar-refractivity contribution in [2.24, 2.45) is 0 Å². The first-order valence-corrected chi connectivity index (χ1v) is 10.3. The molecule has 0 aliphatic heterocycles. The Morgan fingerprint density at radius 1 is 0.647 bits per heavy atom. The third-order valence-corrected chi connectivity index (χ3v) is 4.72. The summed E-state index contributed by atoms with van der Waals surface area (Å²) in [6, 6.07) is 4.96. The van der Waals surface area contributed by atoms with E-state index in [-0.39, 0.29) is 10.2 Å². The second kappa shape index (κ2) is 11.3. The lowest BCUT2D eigenvalue weighted by Crippen LogP contribution is -2.17. The summed E-state index contributed by atoms with van der Waals surface area (Å²) in [5.41, 5.74) is -4.28. The molecule has 3 nitrogen and oxygen atoms in total. The van der Waals surface area contributed by atoms with Gasteiger partial charge in [0.2, 0.25) is 0 Å². The molecule has 0 amide bonds. The molecule has 2 aromatic rings. The topological polar surface area (TPSA) is 44.5 Å². The van der Waals surface area contributed by atoms with Gasteiger partial charge in [0, 0.05) is 20.0 Å². The van der Waals surface area contributed by atoms with Crippen molar-refractivity contribution < 1.29 is 62.2 Å². The molecule has 0 atom stereocenters. The number of thioether (sulfide) groups is 2. The zero-order valence-corrected chi connectivity index (χ0v) is 18.8. The molecule has 0 aromatic heterocycles. The molecule has 0 radical (unpaired) electrons. The minimum absolute atomic E-state index is 0.0611. The smallest absolute Gasteiger partial charge is 0.406 e. The summed E-state index contributed by atoms with van der Waals surface area (Å²) in [5, 5.41) is 0. The van der Waals surface area contributed by atoms with Crippen molar-refractivity contribution >= 4 is 45.1 Å². The lowest BCUT2D eigenvalue weighted by molar-refractivity contribution is -0.275. The molecule has 18 heteroatoms. The molecule has 0 fully saturated rings. The minimum Gasteiger partial charge on any atom is -0.406 e. The van der Waals surface area contributed by atoms with Crippen LogP contribution in [0.1, 0.15) is 0 Å². The Morgan fingerprint density at radius 3 is 1.62 bits per heavy atom. The van der Waals surface area contributed by atoms with Gasteiger partial charge in [-0.2, -0.15) is 26.3 Å². The summed E-state index contributed by atoms with van der Waals surface area (Å²) in [6.45, 7) is 0. The van der Waals surface area contributed by atoms with E-state index in [1.165, 1.54) is 0 Å². The summed E-state index contributed by atoms with van der Waals surface area (Å²) < 4.78 is 150. The van der Waals surface area contributed by atoms with Gasteiger partial charge < -0.3 is 15.2 Å². The second-order valence-electron chi connectivity index (χ2n) is 5.51. The molecule has 34 heavy (non-hydrogen) atoms. The standard InChI is InChI=1S/C8H3BrF6OS.C8H5F6NOS/c9-4-1-5(16-7(10,11)12)3-6(2-4)17-8(13,14)15;9-7(10,11)16-4-1-2-5(15)6(3-4)17-8(12,13)14/h1-3H;1-3H,15H2. The second-order valence-corrected chi connectivity index (χ2v) is 8.67. The normalized spacial score (nSPS) is 12.6. The Bertz CT molecular complexity index is 927. The molecule has 2 rings (SSSR count). The number of alkyl halides is 12. The third kappa shape index (κ3) is 13.8. The highest BCUT2D eigenvalue weighted by Crippen LogP contribution is 2.42. The molecular formula is C16H8BrF12NO2S2. The molecule has 2 aromatic carbocycles. The summed E-state index contributed by atoms with van der Waals surface area (Å²) >= 11 is 1.67. The fraction of sp³-hybridized carbons (Fsp3) is 0.250. The van der Waals surface area contributed by atoms with Gasteiger partial charge in [0.25, 0.3) is 0 Å². The Labute approximate surface area is 199 Å². The van der Waals surface area contributed by atoms with E-state index in [1.54, 1.807) is 0 Å². The highest BCUT2D eigenvalue weighted by molar-refractivity contribution is 9.10. The highest BCUT2D eigenvalue weighted by Gasteiger charge is 2.34. The monoisotopic (exact) mass is 617 g/mol. The largest absolute Gasteiger partial charge is 0.573 e. The summed E-state index contributed by atoms with van der Waals surface area (Å²) in [4.78, 5) is -0.939. The predicted octanol–water partition coefficient (Wildman–Crippen LogP) is 8.74. The van der Waals surface area contributed by atoms with E-state index < -0.39 is 68.6 Å². The highest BCUT2D eigenvalue weighted by atomic mass is 79.9. The van der Waals surface area contributed by atoms with Gasteiger partial charge >= 0.3 is 23.7 Å². The van der Waals surface area contributed by atoms with Crippen molar-refractivity contribution in [2.75, 3.05) is 5.73 Å². The molecule has 0 spiro atoms. The van der Waals surface area contributed by atoms with Crippen molar-refractivity contribution in [1.82, 2.24) is 0 Å². The van der Waals surface area contributed by atoms with E-state index in [0.29, 0.717) is 12.1 Å². The SMILES string of the molecule is FC(F)(F)Oc1cc(Br)cc(SC(F)(F)F)c1.Nc1ccc(OC(F)(F)F)cc1SC(F)(F)F. The lowest BCUT2D eigenvalue weighted by Gasteiger charge is -2.12. The number of hydrogen-bond donors (Lipinski definition) is 1. The fourth-order valence-corrected chi connectivity index (χ4v) is 3.71. The van der Waals surface area contributed by atoms with Gasteiger partial charge in [0.15, 0.2) is 0 Å². The number of nitrogen functional groups attached to an aromatic ring is 1. The van der Waals surface area contributed by atoms with Gasteiger partial charge in [-0.1, -0.05) is 15.9 Å². The van der Waals surface area contributed by atoms with Crippen LogP contribution >= 0.6 is 39.5 Å². The van der Waals surface area contributed by atoms with E-state index >= 15 is 0 Å². The maximum atomic E-state index is 12.0. The third-order valence-electron chi connectivity index (χ3n) is 2.76. The van der Waals surface area contributed by atoms with Gasteiger partial charge in [-0.25, -0.2) is 0 Å². The molecule has 0 aliphatic carbocycles. The molecule has 0 saturated carbocycles. The fourth-order valence-electron chi connectivity index (χ4n) is 1.85. The average molecular weight is 618 g/mol. The van der Waals surface area contributed by atoms with Gasteiger partial charge in [-0.15, -0.1) is 26.3 Å². The first-order valence-electron chi connectivity index (χ1n) is 7.85. The van der Waals surface area contributed by atoms with Crippen LogP contribution in [0, 0.1) is 0 Å². The zero-order chi connectivity index (χ0) is 26.5. The van der Waals surface area contributed by atoms with E-state index in [0.717, 1.165) is 24.3 Å². The quantitative estimate of drug-likeness (QED) is 0.211. The average Bonchev–Trinajstić information content (AvgIpc) is 2.52. The number of halogens is 13. The number of benzene rings is 2. The van der Waals surface area contributed by atoms with Gasteiger partial charge in [-0.05, 0) is 59.9 Å². The first-order chi connectivity index (χ1) is 15.1. The predicted molar refractivity (Wildman–Crippen MR) is 102 cm³/mol. The molecular weight excluding hydrogens is 610 g/mol. The van der Waals surface area contributed by atoms with Gasteiger partial charge in [0.05, 0.1) is 0 Å². The minimum atomic E-state index is -4.96. The number of rotatable bonds is 4. The van der Waals surface area contributed by atoms with E-state index in [1.807, 2.05) is 0 Å². The number of ether oxygens (including phenoxy) is 2. The van der Waals surface area contributed by atoms with Crippen LogP contribution < -0.4 is 15.2 Å². The Hall–Kier alpha value is -1.82. The van der Waals surface area contributed by atoms with Crippen molar-refractivity contribution in [3.63, 3.8) is 0 Å². The van der Waals surface area contributed by atoms with Gasteiger partial charge in [0.1, 0.15) is 11.5 Å². The van der Waals surface area contributed by atoms with Gasteiger partial charge in [-0.3, -0.25) is 0 Å². The maximum Gasteiger partial charge on any atom is 0.573 e. The van der Waals surface area contributed by atoms with Crippen LogP contribution in [0.2, 0.25) is 0 Å². The van der Waals surface area contributed by atoms with Crippen molar-refractivity contribution in [3.8, 4) is 11.5 Å². The van der Waals surface area contributed by atoms with E-state index in [4.69, 9.17) is 5.73 Å². The van der Waals surface area contributed by atoms with E-state index in [9.17, 15) is 52.7 Å². The lowest BCUT2D eigenvalue weighted by atomic mass is 10.3. The van der Waals surface area contributed by atoms with Crippen LogP contribution in [0.25, 0.3) is 0 Å². The van der Waals surface area contributed by atoms with Crippen molar-refractivity contribution in [1.29, 1.82) is 0 Å². The van der Waals surface area contributed by atoms with Crippen LogP contribution in [0.4, 0.5) is 58.4 Å². The Morgan fingerprint density at radius 2 is 1.15 bits per heavy atom. The van der Waals surface area contributed by atoms with Crippen LogP contribution in [-0.4, -0.2) is 23.7 Å². The van der Waals surface area contributed by atoms with Crippen molar-refractivity contribution in [2.45, 2.75) is 33.5 Å². The molecule has 2 N–H and O–H groups in total. The molecule has 0 heterocycles. The van der Waals surface area contributed by atoms with Crippen LogP contribution in [0.5, 0.6) is 11.5 Å². The zero-order valence-electron chi connectivity index (χ0n) is 15.6. The first kappa shape index (κ1) is 30.2. The Kier molecular flexibility index (Phi) is 10.0. The van der Waals surface area contributed by atoms with Crippen LogP contribution in [-0.2, 0) is 0 Å². The molecule has 0 aliphatic rings. The summed E-state index contributed by atoms with van der Waals surface area (Å²) in [5.74, 6) is -1.46. The summed E-state index contributed by atoms with van der Waals surface area (Å²) in [6.07, 6.45) is -9.91. The van der Waals surface area contributed by atoms with Crippen LogP contribution in [0.3, 0.4) is 0 Å². The molecule has 192 valence electrons. The van der Waals surface area contributed by atoms with Crippen molar-refractivity contribution in [3.05, 3.63) is 40.9 Å². The maximum absolute atomic E-state index is 12.0. The van der Waals surface area contributed by atoms with Crippen LogP contribution in [0.15, 0.2) is 50.7 Å². The molecule has 0 bridgehead atoms. The molecule has 0 unspecified atom stereocenters. The molecule has 0 saturated heterocycles. The number of nitrogens with two attached hydrogens (primary N) is 1. The van der Waals surface area contributed by atoms with E-state index in [2.05, 4.69) is 25.4 Å². The summed E-state index contributed by atoms with van der Waals surface area (Å²) in [7, 11) is 0.